The average molecular weight is 228 g/mol. The maximum absolute atomic E-state index is 11.2. The minimum Gasteiger partial charge on any atom is -0.325 e. The van der Waals surface area contributed by atoms with Crippen LogP contribution in [0.1, 0.15) is 24.1 Å². The van der Waals surface area contributed by atoms with E-state index in [-0.39, 0.29) is 5.56 Å². The van der Waals surface area contributed by atoms with Crippen molar-refractivity contribution in [1.82, 2.24) is 4.98 Å². The molecule has 0 aliphatic heterocycles. The molecule has 3 heteroatoms. The Kier molecular flexibility index (Phi) is 2.05. The summed E-state index contributed by atoms with van der Waals surface area (Å²) in [7, 11) is 0. The molecule has 0 unspecified atom stereocenters. The van der Waals surface area contributed by atoms with Gasteiger partial charge in [-0.25, -0.2) is 0 Å². The van der Waals surface area contributed by atoms with Crippen molar-refractivity contribution < 1.29 is 0 Å². The number of aromatic amines is 1. The normalized spacial score (nSPS) is 15.8. The van der Waals surface area contributed by atoms with E-state index < -0.39 is 0 Å². The molecule has 2 rings (SSSR count). The Morgan fingerprint density at radius 3 is 2.92 bits per heavy atom. The first kappa shape index (κ1) is 8.05. The van der Waals surface area contributed by atoms with E-state index in [1.165, 1.54) is 18.4 Å². The van der Waals surface area contributed by atoms with E-state index >= 15 is 0 Å². The summed E-state index contributed by atoms with van der Waals surface area (Å²) in [4.78, 5) is 14.1. The zero-order chi connectivity index (χ0) is 8.55. The number of aromatic nitrogens is 1. The van der Waals surface area contributed by atoms with Crippen molar-refractivity contribution in [2.75, 3.05) is 0 Å². The summed E-state index contributed by atoms with van der Waals surface area (Å²) in [5.41, 5.74) is 2.43. The number of hydrogen-bond acceptors (Lipinski definition) is 1. The van der Waals surface area contributed by atoms with Crippen LogP contribution in [-0.4, -0.2) is 4.98 Å². The van der Waals surface area contributed by atoms with Gasteiger partial charge in [0.05, 0.1) is 4.47 Å². The number of pyridine rings is 1. The van der Waals surface area contributed by atoms with E-state index in [2.05, 4.69) is 20.9 Å². The predicted molar refractivity (Wildman–Crippen MR) is 51.4 cm³/mol. The molecule has 1 aromatic rings. The molecule has 1 N–H and O–H groups in total. The van der Waals surface area contributed by atoms with Crippen LogP contribution in [0.3, 0.4) is 0 Å². The van der Waals surface area contributed by atoms with Crippen LogP contribution in [-0.2, 0) is 12.8 Å². The number of rotatable bonds is 0. The van der Waals surface area contributed by atoms with Crippen molar-refractivity contribution >= 4 is 15.9 Å². The average Bonchev–Trinajstić information content (AvgIpc) is 2.07. The van der Waals surface area contributed by atoms with Gasteiger partial charge in [0, 0.05) is 5.69 Å². The highest BCUT2D eigenvalue weighted by Crippen LogP contribution is 2.19. The van der Waals surface area contributed by atoms with Gasteiger partial charge >= 0.3 is 0 Å². The lowest BCUT2D eigenvalue weighted by atomic mass is 9.96. The molecule has 1 heterocycles. The molecule has 1 aromatic heterocycles. The molecule has 12 heavy (non-hydrogen) atoms. The molecule has 64 valence electrons. The van der Waals surface area contributed by atoms with E-state index in [4.69, 9.17) is 0 Å². The number of fused-ring (bicyclic) bond motifs is 1. The Labute approximate surface area is 79.1 Å². The van der Waals surface area contributed by atoms with Crippen molar-refractivity contribution in [2.24, 2.45) is 0 Å². The molecule has 0 atom stereocenters. The minimum absolute atomic E-state index is 0.00403. The first-order valence-electron chi connectivity index (χ1n) is 4.18. The first-order chi connectivity index (χ1) is 5.77. The van der Waals surface area contributed by atoms with Crippen molar-refractivity contribution in [3.63, 3.8) is 0 Å². The molecule has 0 aromatic carbocycles. The number of aryl methyl sites for hydroxylation is 2. The highest BCUT2D eigenvalue weighted by atomic mass is 79.9. The third kappa shape index (κ3) is 1.33. The molecule has 1 aliphatic rings. The Morgan fingerprint density at radius 2 is 2.08 bits per heavy atom. The van der Waals surface area contributed by atoms with Gasteiger partial charge in [-0.15, -0.1) is 0 Å². The second-order valence-electron chi connectivity index (χ2n) is 3.16. The molecular weight excluding hydrogens is 218 g/mol. The van der Waals surface area contributed by atoms with Crippen LogP contribution in [0.2, 0.25) is 0 Å². The Morgan fingerprint density at radius 1 is 1.33 bits per heavy atom. The van der Waals surface area contributed by atoms with Gasteiger partial charge in [0.15, 0.2) is 0 Å². The SMILES string of the molecule is O=c1[nH]c2c(cc1Br)CCCC2. The Hall–Kier alpha value is -0.570. The van der Waals surface area contributed by atoms with Gasteiger partial charge < -0.3 is 4.98 Å². The molecule has 0 saturated carbocycles. The molecule has 1 aliphatic carbocycles. The van der Waals surface area contributed by atoms with Crippen LogP contribution in [0, 0.1) is 0 Å². The van der Waals surface area contributed by atoms with Crippen molar-refractivity contribution in [1.29, 1.82) is 0 Å². The van der Waals surface area contributed by atoms with Crippen molar-refractivity contribution in [3.8, 4) is 0 Å². The smallest absolute Gasteiger partial charge is 0.262 e. The minimum atomic E-state index is -0.00403. The van der Waals surface area contributed by atoms with Crippen LogP contribution in [0.5, 0.6) is 0 Å². The predicted octanol–water partition coefficient (Wildman–Crippen LogP) is 2.02. The highest BCUT2D eigenvalue weighted by Gasteiger charge is 2.10. The summed E-state index contributed by atoms with van der Waals surface area (Å²) in [5.74, 6) is 0. The van der Waals surface area contributed by atoms with Crippen LogP contribution in [0.15, 0.2) is 15.3 Å². The van der Waals surface area contributed by atoms with Crippen LogP contribution >= 0.6 is 15.9 Å². The zero-order valence-corrected chi connectivity index (χ0v) is 8.28. The largest absolute Gasteiger partial charge is 0.325 e. The number of hydrogen-bond donors (Lipinski definition) is 1. The van der Waals surface area contributed by atoms with Gasteiger partial charge in [0.2, 0.25) is 0 Å². The highest BCUT2D eigenvalue weighted by molar-refractivity contribution is 9.10. The number of halogens is 1. The lowest BCUT2D eigenvalue weighted by molar-refractivity contribution is 0.664. The van der Waals surface area contributed by atoms with E-state index in [1.54, 1.807) is 0 Å². The third-order valence-electron chi connectivity index (χ3n) is 2.29. The second-order valence-corrected chi connectivity index (χ2v) is 4.01. The topological polar surface area (TPSA) is 32.9 Å². The zero-order valence-electron chi connectivity index (χ0n) is 6.69. The standard InChI is InChI=1S/C9H10BrNO/c10-7-5-6-3-1-2-4-8(6)11-9(7)12/h5H,1-4H2,(H,11,12). The lowest BCUT2D eigenvalue weighted by Crippen LogP contribution is -2.15. The van der Waals surface area contributed by atoms with E-state index in [0.717, 1.165) is 18.5 Å². The quantitative estimate of drug-likeness (QED) is 0.723. The second kappa shape index (κ2) is 3.05. The number of nitrogens with one attached hydrogen (secondary N) is 1. The summed E-state index contributed by atoms with van der Waals surface area (Å²) in [6.45, 7) is 0. The van der Waals surface area contributed by atoms with Gasteiger partial charge in [0.25, 0.3) is 5.56 Å². The molecule has 0 amide bonds. The summed E-state index contributed by atoms with van der Waals surface area (Å²) in [5, 5.41) is 0. The molecule has 0 radical (unpaired) electrons. The summed E-state index contributed by atoms with van der Waals surface area (Å²) < 4.78 is 0.656. The molecule has 0 fully saturated rings. The van der Waals surface area contributed by atoms with Crippen molar-refractivity contribution in [3.05, 3.63) is 32.2 Å². The van der Waals surface area contributed by atoms with Gasteiger partial charge in [-0.2, -0.15) is 0 Å². The van der Waals surface area contributed by atoms with E-state index in [1.807, 2.05) is 6.07 Å². The van der Waals surface area contributed by atoms with Crippen LogP contribution in [0.25, 0.3) is 0 Å². The Balaban J connectivity index is 2.56. The third-order valence-corrected chi connectivity index (χ3v) is 2.88. The summed E-state index contributed by atoms with van der Waals surface area (Å²) >= 11 is 3.23. The van der Waals surface area contributed by atoms with E-state index in [0.29, 0.717) is 4.47 Å². The fourth-order valence-electron chi connectivity index (χ4n) is 1.65. The van der Waals surface area contributed by atoms with Gasteiger partial charge in [-0.05, 0) is 53.2 Å². The Bertz CT molecular complexity index is 356. The van der Waals surface area contributed by atoms with Gasteiger partial charge in [0.1, 0.15) is 0 Å². The summed E-state index contributed by atoms with van der Waals surface area (Å²) in [6, 6.07) is 1.95. The van der Waals surface area contributed by atoms with E-state index in [9.17, 15) is 4.79 Å². The lowest BCUT2D eigenvalue weighted by Gasteiger charge is -2.14. The fourth-order valence-corrected chi connectivity index (χ4v) is 2.02. The fraction of sp³-hybridized carbons (Fsp3) is 0.444. The molecule has 0 bridgehead atoms. The monoisotopic (exact) mass is 227 g/mol. The van der Waals surface area contributed by atoms with Crippen LogP contribution < -0.4 is 5.56 Å². The van der Waals surface area contributed by atoms with Gasteiger partial charge in [-0.3, -0.25) is 4.79 Å². The molecule has 2 nitrogen and oxygen atoms in total. The van der Waals surface area contributed by atoms with Crippen LogP contribution in [0.4, 0.5) is 0 Å². The summed E-state index contributed by atoms with van der Waals surface area (Å²) in [6.07, 6.45) is 4.57. The molecular formula is C9H10BrNO. The maximum Gasteiger partial charge on any atom is 0.262 e. The maximum atomic E-state index is 11.2. The van der Waals surface area contributed by atoms with Crippen molar-refractivity contribution in [2.45, 2.75) is 25.7 Å². The number of H-pyrrole nitrogens is 1. The molecule has 0 spiro atoms. The molecule has 0 saturated heterocycles. The first-order valence-corrected chi connectivity index (χ1v) is 4.97. The van der Waals surface area contributed by atoms with Gasteiger partial charge in [-0.1, -0.05) is 0 Å².